The first kappa shape index (κ1) is 14.4. The predicted molar refractivity (Wildman–Crippen MR) is 75.3 cm³/mol. The SMILES string of the molecule is CC1NC(=O)NC1=O.CCCCCOc1cc2ccc1=2. The number of nitrogens with one attached hydrogen (secondary N) is 2. The summed E-state index contributed by atoms with van der Waals surface area (Å²) < 4.78 is 5.57. The fraction of sp³-hybridized carbons (Fsp3) is 0.467. The van der Waals surface area contributed by atoms with Crippen molar-refractivity contribution in [3.8, 4) is 5.75 Å². The van der Waals surface area contributed by atoms with Crippen molar-refractivity contribution in [1.82, 2.24) is 10.6 Å². The number of carbonyl (C=O) groups is 2. The van der Waals surface area contributed by atoms with Gasteiger partial charge in [-0.3, -0.25) is 10.1 Å². The molecule has 3 amide bonds. The van der Waals surface area contributed by atoms with Crippen molar-refractivity contribution in [3.63, 3.8) is 0 Å². The second-order valence-electron chi connectivity index (χ2n) is 4.95. The van der Waals surface area contributed by atoms with Crippen LogP contribution in [0.4, 0.5) is 4.79 Å². The largest absolute Gasteiger partial charge is 0.493 e. The minimum Gasteiger partial charge on any atom is -0.493 e. The van der Waals surface area contributed by atoms with E-state index in [1.807, 2.05) is 0 Å². The quantitative estimate of drug-likeness (QED) is 0.649. The molecule has 0 aromatic rings. The summed E-state index contributed by atoms with van der Waals surface area (Å²) in [6, 6.07) is 5.59. The van der Waals surface area contributed by atoms with E-state index in [1.165, 1.54) is 29.7 Å². The molecule has 1 atom stereocenters. The van der Waals surface area contributed by atoms with Crippen LogP contribution < -0.4 is 15.4 Å². The van der Waals surface area contributed by atoms with Crippen LogP contribution in [0.5, 0.6) is 5.75 Å². The number of benzene rings is 1. The minimum absolute atomic E-state index is 0.255. The molecule has 0 aromatic heterocycles. The Kier molecular flexibility index (Phi) is 4.61. The Morgan fingerprint density at radius 3 is 2.40 bits per heavy atom. The fourth-order valence-electron chi connectivity index (χ4n) is 1.93. The standard InChI is InChI=1S/C11H14O.C4H6N2O2/c1-2-3-4-7-12-11-8-9-5-6-10(9)11;1-2-3(7)6-4(8)5-2/h5-6,8H,2-4,7H2,1H3;2H,1H3,(H2,5,6,7,8). The summed E-state index contributed by atoms with van der Waals surface area (Å²) in [6.45, 7) is 4.71. The maximum Gasteiger partial charge on any atom is 0.322 e. The van der Waals surface area contributed by atoms with Crippen molar-refractivity contribution in [1.29, 1.82) is 0 Å². The average molecular weight is 276 g/mol. The lowest BCUT2D eigenvalue weighted by Crippen LogP contribution is -2.24. The van der Waals surface area contributed by atoms with Crippen molar-refractivity contribution < 1.29 is 14.3 Å². The molecule has 0 bridgehead atoms. The Balaban J connectivity index is 0.000000160. The van der Waals surface area contributed by atoms with E-state index in [0.717, 1.165) is 12.4 Å². The summed E-state index contributed by atoms with van der Waals surface area (Å²) in [5.74, 6) is 0.846. The van der Waals surface area contributed by atoms with Gasteiger partial charge < -0.3 is 10.1 Å². The minimum atomic E-state index is -0.400. The summed E-state index contributed by atoms with van der Waals surface area (Å²) in [5.41, 5.74) is 0. The third kappa shape index (κ3) is 3.29. The summed E-state index contributed by atoms with van der Waals surface area (Å²) in [6.07, 6.45) is 3.71. The number of unbranched alkanes of at least 4 members (excludes halogenated alkanes) is 2. The van der Waals surface area contributed by atoms with E-state index >= 15 is 0 Å². The van der Waals surface area contributed by atoms with Crippen LogP contribution in [0.2, 0.25) is 0 Å². The van der Waals surface area contributed by atoms with E-state index in [9.17, 15) is 9.59 Å². The molecule has 0 spiro atoms. The molecule has 5 heteroatoms. The molecule has 0 radical (unpaired) electrons. The molecule has 1 saturated heterocycles. The number of hydrogen-bond acceptors (Lipinski definition) is 3. The van der Waals surface area contributed by atoms with Crippen LogP contribution in [0.15, 0.2) is 18.2 Å². The summed E-state index contributed by atoms with van der Waals surface area (Å²) in [5, 5.41) is 7.13. The van der Waals surface area contributed by atoms with Crippen molar-refractivity contribution in [2.45, 2.75) is 39.2 Å². The third-order valence-electron chi connectivity index (χ3n) is 3.28. The Labute approximate surface area is 118 Å². The van der Waals surface area contributed by atoms with E-state index in [-0.39, 0.29) is 11.9 Å². The van der Waals surface area contributed by atoms with Crippen LogP contribution in [0.1, 0.15) is 33.1 Å². The number of carbonyl (C=O) groups excluding carboxylic acids is 2. The lowest BCUT2D eigenvalue weighted by atomic mass is 10.1. The monoisotopic (exact) mass is 276 g/mol. The predicted octanol–water partition coefficient (Wildman–Crippen LogP) is 2.07. The van der Waals surface area contributed by atoms with Gasteiger partial charge in [0.15, 0.2) is 0 Å². The van der Waals surface area contributed by atoms with Gasteiger partial charge in [0.2, 0.25) is 5.91 Å². The van der Waals surface area contributed by atoms with Crippen LogP contribution >= 0.6 is 0 Å². The van der Waals surface area contributed by atoms with Crippen LogP contribution in [0.25, 0.3) is 0 Å². The fourth-order valence-corrected chi connectivity index (χ4v) is 1.93. The zero-order chi connectivity index (χ0) is 14.5. The van der Waals surface area contributed by atoms with Gasteiger partial charge >= 0.3 is 6.03 Å². The second kappa shape index (κ2) is 6.41. The van der Waals surface area contributed by atoms with Gasteiger partial charge in [0.1, 0.15) is 11.8 Å². The molecule has 1 heterocycles. The summed E-state index contributed by atoms with van der Waals surface area (Å²) >= 11 is 0. The van der Waals surface area contributed by atoms with E-state index in [1.54, 1.807) is 6.92 Å². The molecule has 3 aliphatic rings. The first-order valence-corrected chi connectivity index (χ1v) is 7.00. The Morgan fingerprint density at radius 1 is 1.25 bits per heavy atom. The highest BCUT2D eigenvalue weighted by Crippen LogP contribution is 2.23. The van der Waals surface area contributed by atoms with Gasteiger partial charge in [0.05, 0.1) is 6.61 Å². The number of amides is 3. The first-order valence-electron chi connectivity index (χ1n) is 7.00. The molecule has 5 nitrogen and oxygen atoms in total. The lowest BCUT2D eigenvalue weighted by Gasteiger charge is -2.12. The summed E-state index contributed by atoms with van der Waals surface area (Å²) in [4.78, 5) is 20.6. The zero-order valence-corrected chi connectivity index (χ0v) is 11.9. The molecular formula is C15H20N2O3. The highest BCUT2D eigenvalue weighted by atomic mass is 16.5. The lowest BCUT2D eigenvalue weighted by molar-refractivity contribution is -0.119. The van der Waals surface area contributed by atoms with Gasteiger partial charge in [0, 0.05) is 5.22 Å². The van der Waals surface area contributed by atoms with Gasteiger partial charge in [-0.2, -0.15) is 0 Å². The topological polar surface area (TPSA) is 67.4 Å². The Hall–Kier alpha value is -2.04. The average Bonchev–Trinajstić information content (AvgIpc) is 2.68. The maximum absolute atomic E-state index is 10.4. The summed E-state index contributed by atoms with van der Waals surface area (Å²) in [7, 11) is 0. The van der Waals surface area contributed by atoms with Gasteiger partial charge in [0.25, 0.3) is 0 Å². The Morgan fingerprint density at radius 2 is 2.05 bits per heavy atom. The molecule has 0 aromatic carbocycles. The van der Waals surface area contributed by atoms with E-state index in [0.29, 0.717) is 0 Å². The third-order valence-corrected chi connectivity index (χ3v) is 3.28. The Bertz CT molecular complexity index is 598. The number of urea groups is 1. The van der Waals surface area contributed by atoms with Gasteiger partial charge in [-0.15, -0.1) is 0 Å². The van der Waals surface area contributed by atoms with Crippen molar-refractivity contribution >= 4 is 11.9 Å². The van der Waals surface area contributed by atoms with E-state index < -0.39 is 6.03 Å². The van der Waals surface area contributed by atoms with Crippen molar-refractivity contribution in [2.75, 3.05) is 6.61 Å². The molecule has 1 fully saturated rings. The van der Waals surface area contributed by atoms with Gasteiger partial charge in [-0.05, 0) is 24.6 Å². The van der Waals surface area contributed by atoms with Crippen LogP contribution in [0, 0.1) is 10.4 Å². The molecule has 1 aliphatic heterocycles. The first-order chi connectivity index (χ1) is 9.61. The molecule has 3 rings (SSSR count). The highest BCUT2D eigenvalue weighted by molar-refractivity contribution is 6.03. The number of imide groups is 1. The van der Waals surface area contributed by atoms with Gasteiger partial charge in [-0.25, -0.2) is 4.79 Å². The van der Waals surface area contributed by atoms with E-state index in [4.69, 9.17) is 4.74 Å². The zero-order valence-electron chi connectivity index (χ0n) is 11.9. The molecular weight excluding hydrogens is 256 g/mol. The molecule has 1 unspecified atom stereocenters. The molecule has 108 valence electrons. The normalized spacial score (nSPS) is 17.8. The maximum atomic E-state index is 10.4. The smallest absolute Gasteiger partial charge is 0.322 e. The van der Waals surface area contributed by atoms with E-state index in [2.05, 4.69) is 35.8 Å². The molecule has 2 aliphatic carbocycles. The molecule has 2 N–H and O–H groups in total. The van der Waals surface area contributed by atoms with Crippen LogP contribution in [-0.2, 0) is 4.79 Å². The molecule has 0 saturated carbocycles. The second-order valence-corrected chi connectivity index (χ2v) is 4.95. The van der Waals surface area contributed by atoms with Crippen LogP contribution in [0.3, 0.4) is 0 Å². The van der Waals surface area contributed by atoms with Gasteiger partial charge in [-0.1, -0.05) is 31.9 Å². The van der Waals surface area contributed by atoms with Crippen LogP contribution in [-0.4, -0.2) is 24.6 Å². The highest BCUT2D eigenvalue weighted by Gasteiger charge is 2.24. The number of rotatable bonds is 5. The van der Waals surface area contributed by atoms with Crippen molar-refractivity contribution in [3.05, 3.63) is 28.6 Å². The number of ether oxygens (including phenoxy) is 1. The number of hydrogen-bond donors (Lipinski definition) is 2. The molecule has 20 heavy (non-hydrogen) atoms. The van der Waals surface area contributed by atoms with Crippen molar-refractivity contribution in [2.24, 2.45) is 0 Å².